The van der Waals surface area contributed by atoms with Crippen molar-refractivity contribution in [1.82, 2.24) is 0 Å². The monoisotopic (exact) mass is 410 g/mol. The Bertz CT molecular complexity index is 816. The third kappa shape index (κ3) is 5.17. The van der Waals surface area contributed by atoms with E-state index >= 15 is 0 Å². The van der Waals surface area contributed by atoms with Gasteiger partial charge in [-0.25, -0.2) is 13.2 Å². The van der Waals surface area contributed by atoms with Gasteiger partial charge in [-0.2, -0.15) is 8.78 Å². The van der Waals surface area contributed by atoms with E-state index in [0.717, 1.165) is 44.1 Å². The minimum Gasteiger partial charge on any atom is -0.429 e. The maximum atomic E-state index is 14.4. The van der Waals surface area contributed by atoms with Crippen LogP contribution < -0.4 is 4.74 Å². The van der Waals surface area contributed by atoms with Crippen molar-refractivity contribution >= 4 is 0 Å². The highest BCUT2D eigenvalue weighted by atomic mass is 19.3. The van der Waals surface area contributed by atoms with Crippen LogP contribution in [0.2, 0.25) is 0 Å². The van der Waals surface area contributed by atoms with Gasteiger partial charge in [-0.05, 0) is 68.1 Å². The minimum atomic E-state index is -3.81. The quantitative estimate of drug-likeness (QED) is 0.261. The van der Waals surface area contributed by atoms with E-state index in [2.05, 4.69) is 11.3 Å². The number of hydrogen-bond acceptors (Lipinski definition) is 1. The van der Waals surface area contributed by atoms with Crippen molar-refractivity contribution in [3.05, 3.63) is 77.6 Å². The normalized spacial score (nSPS) is 19.8. The van der Waals surface area contributed by atoms with Crippen LogP contribution in [0.5, 0.6) is 5.75 Å². The van der Waals surface area contributed by atoms with Crippen LogP contribution in [0.15, 0.2) is 49.1 Å². The first-order valence-electron chi connectivity index (χ1n) is 9.73. The second-order valence-corrected chi connectivity index (χ2v) is 7.53. The fourth-order valence-corrected chi connectivity index (χ4v) is 3.89. The summed E-state index contributed by atoms with van der Waals surface area (Å²) in [4.78, 5) is 0. The van der Waals surface area contributed by atoms with Crippen LogP contribution >= 0.6 is 0 Å². The molecule has 0 N–H and O–H groups in total. The summed E-state index contributed by atoms with van der Waals surface area (Å²) in [5, 5.41) is 0. The van der Waals surface area contributed by atoms with Gasteiger partial charge in [0.15, 0.2) is 17.5 Å². The lowest BCUT2D eigenvalue weighted by molar-refractivity contribution is -0.185. The number of benzene rings is 2. The lowest BCUT2D eigenvalue weighted by Crippen LogP contribution is -2.22. The molecule has 0 atom stereocenters. The van der Waals surface area contributed by atoms with E-state index in [0.29, 0.717) is 24.0 Å². The second kappa shape index (κ2) is 8.97. The number of allylic oxidation sites excluding steroid dienone is 1. The van der Waals surface area contributed by atoms with Gasteiger partial charge in [0.1, 0.15) is 5.75 Å². The Balaban J connectivity index is 1.65. The summed E-state index contributed by atoms with van der Waals surface area (Å²) in [7, 11) is 0. The van der Waals surface area contributed by atoms with E-state index in [-0.39, 0.29) is 0 Å². The molecule has 0 bridgehead atoms. The average molecular weight is 410 g/mol. The van der Waals surface area contributed by atoms with Crippen LogP contribution in [-0.2, 0) is 6.11 Å². The molecule has 0 aliphatic heterocycles. The molecule has 2 aromatic carbocycles. The maximum Gasteiger partial charge on any atom is 0.426 e. The molecule has 1 fully saturated rings. The summed E-state index contributed by atoms with van der Waals surface area (Å²) >= 11 is 0. The molecule has 1 saturated carbocycles. The van der Waals surface area contributed by atoms with Crippen molar-refractivity contribution in [3.8, 4) is 5.75 Å². The second-order valence-electron chi connectivity index (χ2n) is 7.53. The van der Waals surface area contributed by atoms with E-state index in [9.17, 15) is 22.0 Å². The van der Waals surface area contributed by atoms with Crippen LogP contribution in [-0.4, -0.2) is 0 Å². The van der Waals surface area contributed by atoms with Crippen molar-refractivity contribution in [2.24, 2.45) is 5.92 Å². The third-order valence-electron chi connectivity index (χ3n) is 5.55. The summed E-state index contributed by atoms with van der Waals surface area (Å²) in [5.74, 6) is -4.67. The molecule has 0 unspecified atom stereocenters. The Morgan fingerprint density at radius 2 is 1.55 bits per heavy atom. The molecule has 0 heterocycles. The number of ether oxygens (including phenoxy) is 1. The molecule has 1 nitrogen and oxygen atoms in total. The number of alkyl halides is 2. The van der Waals surface area contributed by atoms with Crippen molar-refractivity contribution in [2.75, 3.05) is 0 Å². The van der Waals surface area contributed by atoms with Crippen LogP contribution in [0.4, 0.5) is 22.0 Å². The molecular formula is C23H23F5O. The van der Waals surface area contributed by atoms with E-state index in [4.69, 9.17) is 0 Å². The summed E-state index contributed by atoms with van der Waals surface area (Å²) in [5.41, 5.74) is 0.552. The van der Waals surface area contributed by atoms with Gasteiger partial charge in [0, 0.05) is 12.1 Å². The SMILES string of the molecule is C=CCCC1CCC(c2ccc(C(F)(F)Oc3cc(F)c(F)c(F)c3)cc2)CC1. The zero-order valence-electron chi connectivity index (χ0n) is 15.9. The molecule has 3 rings (SSSR count). The largest absolute Gasteiger partial charge is 0.429 e. The van der Waals surface area contributed by atoms with Crippen molar-refractivity contribution < 1.29 is 26.7 Å². The van der Waals surface area contributed by atoms with Crippen molar-refractivity contribution in [3.63, 3.8) is 0 Å². The Kier molecular flexibility index (Phi) is 6.60. The van der Waals surface area contributed by atoms with Gasteiger partial charge in [0.25, 0.3) is 0 Å². The minimum absolute atomic E-state index is 0.332. The highest BCUT2D eigenvalue weighted by molar-refractivity contribution is 5.30. The Morgan fingerprint density at radius 3 is 2.10 bits per heavy atom. The molecule has 0 radical (unpaired) electrons. The summed E-state index contributed by atoms with van der Waals surface area (Å²) in [6, 6.07) is 6.60. The molecule has 156 valence electrons. The summed E-state index contributed by atoms with van der Waals surface area (Å²) in [6.07, 6.45) is 4.54. The Hall–Kier alpha value is -2.37. The maximum absolute atomic E-state index is 14.4. The van der Waals surface area contributed by atoms with E-state index < -0.39 is 34.9 Å². The molecular weight excluding hydrogens is 387 g/mol. The zero-order valence-corrected chi connectivity index (χ0v) is 15.9. The summed E-state index contributed by atoms with van der Waals surface area (Å²) < 4.78 is 72.6. The predicted octanol–water partition coefficient (Wildman–Crippen LogP) is 7.47. The fraction of sp³-hybridized carbons (Fsp3) is 0.391. The zero-order chi connectivity index (χ0) is 21.0. The van der Waals surface area contributed by atoms with Gasteiger partial charge in [-0.3, -0.25) is 0 Å². The van der Waals surface area contributed by atoms with Crippen LogP contribution in [0, 0.1) is 23.4 Å². The molecule has 0 saturated heterocycles. The summed E-state index contributed by atoms with van der Waals surface area (Å²) in [6.45, 7) is 3.75. The first-order valence-corrected chi connectivity index (χ1v) is 9.73. The van der Waals surface area contributed by atoms with Gasteiger partial charge >= 0.3 is 6.11 Å². The lowest BCUT2D eigenvalue weighted by atomic mass is 9.77. The topological polar surface area (TPSA) is 9.23 Å². The van der Waals surface area contributed by atoms with E-state index in [1.54, 1.807) is 12.1 Å². The molecule has 2 aromatic rings. The molecule has 0 spiro atoms. The third-order valence-corrected chi connectivity index (χ3v) is 5.55. The fourth-order valence-electron chi connectivity index (χ4n) is 3.89. The van der Waals surface area contributed by atoms with Gasteiger partial charge in [-0.1, -0.05) is 18.2 Å². The molecule has 1 aliphatic rings. The Morgan fingerprint density at radius 1 is 0.966 bits per heavy atom. The number of halogens is 5. The molecule has 6 heteroatoms. The molecule has 1 aliphatic carbocycles. The highest BCUT2D eigenvalue weighted by Crippen LogP contribution is 2.39. The number of rotatable bonds is 7. The molecule has 29 heavy (non-hydrogen) atoms. The van der Waals surface area contributed by atoms with Crippen LogP contribution in [0.25, 0.3) is 0 Å². The average Bonchev–Trinajstić information content (AvgIpc) is 2.70. The first-order chi connectivity index (χ1) is 13.8. The van der Waals surface area contributed by atoms with Gasteiger partial charge in [-0.15, -0.1) is 6.58 Å². The van der Waals surface area contributed by atoms with E-state index in [1.165, 1.54) is 12.1 Å². The van der Waals surface area contributed by atoms with Crippen molar-refractivity contribution in [1.29, 1.82) is 0 Å². The highest BCUT2D eigenvalue weighted by Gasteiger charge is 2.35. The standard InChI is InChI=1S/C23H23F5O/c1-2-3-4-15-5-7-16(8-6-15)17-9-11-18(12-10-17)23(27,28)29-19-13-20(24)22(26)21(25)14-19/h2,9-16H,1,3-8H2. The molecule has 0 amide bonds. The van der Waals surface area contributed by atoms with Gasteiger partial charge < -0.3 is 4.74 Å². The Labute approximate surface area is 167 Å². The van der Waals surface area contributed by atoms with Gasteiger partial charge in [0.05, 0.1) is 5.56 Å². The smallest absolute Gasteiger partial charge is 0.426 e. The van der Waals surface area contributed by atoms with Crippen LogP contribution in [0.3, 0.4) is 0 Å². The predicted molar refractivity (Wildman–Crippen MR) is 101 cm³/mol. The molecule has 0 aromatic heterocycles. The van der Waals surface area contributed by atoms with Crippen molar-refractivity contribution in [2.45, 2.75) is 50.6 Å². The first kappa shape index (κ1) is 21.3. The van der Waals surface area contributed by atoms with E-state index in [1.807, 2.05) is 6.08 Å². The van der Waals surface area contributed by atoms with Gasteiger partial charge in [0.2, 0.25) is 0 Å². The lowest BCUT2D eigenvalue weighted by Gasteiger charge is -2.29. The number of hydrogen-bond donors (Lipinski definition) is 0. The van der Waals surface area contributed by atoms with Crippen LogP contribution in [0.1, 0.15) is 55.6 Å².